The molecule has 0 aliphatic heterocycles. The number of rotatable bonds is 8. The molecule has 1 amide bonds. The van der Waals surface area contributed by atoms with Crippen molar-refractivity contribution in [3.8, 4) is 5.75 Å². The monoisotopic (exact) mass is 394 g/mol. The number of fused-ring (bicyclic) bond motifs is 1. The molecule has 3 rings (SSSR count). The van der Waals surface area contributed by atoms with Crippen molar-refractivity contribution in [2.75, 3.05) is 7.11 Å². The van der Waals surface area contributed by atoms with Gasteiger partial charge in [0.05, 0.1) is 19.6 Å². The zero-order chi connectivity index (χ0) is 21.0. The van der Waals surface area contributed by atoms with E-state index >= 15 is 0 Å². The van der Waals surface area contributed by atoms with E-state index in [-0.39, 0.29) is 18.0 Å². The first-order chi connectivity index (χ1) is 13.9. The number of imidazole rings is 1. The number of aromatic nitrogens is 3. The fourth-order valence-electron chi connectivity index (χ4n) is 3.62. The summed E-state index contributed by atoms with van der Waals surface area (Å²) in [5, 5.41) is 3.22. The lowest BCUT2D eigenvalue weighted by Crippen LogP contribution is -2.33. The van der Waals surface area contributed by atoms with Crippen molar-refractivity contribution in [1.29, 1.82) is 0 Å². The van der Waals surface area contributed by atoms with Crippen LogP contribution in [-0.4, -0.2) is 27.6 Å². The lowest BCUT2D eigenvalue weighted by atomic mass is 10.0. The van der Waals surface area contributed by atoms with E-state index in [1.165, 1.54) is 0 Å². The highest BCUT2D eigenvalue weighted by atomic mass is 16.5. The molecule has 0 radical (unpaired) electrons. The second-order valence-electron chi connectivity index (χ2n) is 8.06. The number of methoxy groups -OCH3 is 1. The van der Waals surface area contributed by atoms with Gasteiger partial charge in [-0.15, -0.1) is 0 Å². The van der Waals surface area contributed by atoms with E-state index in [1.54, 1.807) is 13.3 Å². The van der Waals surface area contributed by atoms with Gasteiger partial charge in [0, 0.05) is 12.2 Å². The van der Waals surface area contributed by atoms with Crippen molar-refractivity contribution >= 4 is 17.1 Å². The van der Waals surface area contributed by atoms with E-state index in [9.17, 15) is 4.79 Å². The third kappa shape index (κ3) is 4.94. The number of ether oxygens (including phenoxy) is 1. The number of nitrogens with zero attached hydrogens (tertiary/aromatic N) is 3. The van der Waals surface area contributed by atoms with Crippen LogP contribution in [0.25, 0.3) is 11.2 Å². The van der Waals surface area contributed by atoms with E-state index in [2.05, 4.69) is 42.6 Å². The third-order valence-electron chi connectivity index (χ3n) is 4.85. The molecule has 0 fully saturated rings. The summed E-state index contributed by atoms with van der Waals surface area (Å²) in [5.41, 5.74) is 2.63. The largest absolute Gasteiger partial charge is 0.497 e. The van der Waals surface area contributed by atoms with E-state index in [0.717, 1.165) is 34.7 Å². The van der Waals surface area contributed by atoms with Crippen molar-refractivity contribution < 1.29 is 9.53 Å². The van der Waals surface area contributed by atoms with Crippen LogP contribution in [0.5, 0.6) is 5.75 Å². The average Bonchev–Trinajstić information content (AvgIpc) is 3.07. The summed E-state index contributed by atoms with van der Waals surface area (Å²) in [4.78, 5) is 22.2. The predicted octanol–water partition coefficient (Wildman–Crippen LogP) is 4.47. The molecule has 1 unspecified atom stereocenters. The lowest BCUT2D eigenvalue weighted by Gasteiger charge is -2.23. The predicted molar refractivity (Wildman–Crippen MR) is 115 cm³/mol. The van der Waals surface area contributed by atoms with Crippen molar-refractivity contribution in [2.45, 2.75) is 52.6 Å². The number of benzene rings is 1. The molecule has 0 bridgehead atoms. The Morgan fingerprint density at radius 3 is 2.66 bits per heavy atom. The second kappa shape index (κ2) is 9.07. The van der Waals surface area contributed by atoms with Crippen molar-refractivity contribution in [3.05, 3.63) is 54.0 Å². The highest BCUT2D eigenvalue weighted by Gasteiger charge is 2.25. The molecule has 1 N–H and O–H groups in total. The van der Waals surface area contributed by atoms with Gasteiger partial charge in [-0.05, 0) is 56.0 Å². The second-order valence-corrected chi connectivity index (χ2v) is 8.06. The molecule has 0 aliphatic rings. The first kappa shape index (κ1) is 20.8. The smallest absolute Gasteiger partial charge is 0.225 e. The van der Waals surface area contributed by atoms with Crippen LogP contribution in [0.3, 0.4) is 0 Å². The Kier molecular flexibility index (Phi) is 6.52. The Morgan fingerprint density at radius 1 is 1.17 bits per heavy atom. The van der Waals surface area contributed by atoms with Crippen molar-refractivity contribution in [3.63, 3.8) is 0 Å². The van der Waals surface area contributed by atoms with Crippen LogP contribution in [0.1, 0.15) is 57.6 Å². The number of carbonyl (C=O) groups excluding carboxylic acids is 1. The Bertz CT molecular complexity index is 978. The zero-order valence-electron chi connectivity index (χ0n) is 17.8. The molecule has 154 valence electrons. The summed E-state index contributed by atoms with van der Waals surface area (Å²) in [6.07, 6.45) is 2.89. The number of pyridine rings is 1. The summed E-state index contributed by atoms with van der Waals surface area (Å²) in [6, 6.07) is 11.5. The molecule has 1 aromatic carbocycles. The van der Waals surface area contributed by atoms with Gasteiger partial charge in [-0.25, -0.2) is 9.97 Å². The van der Waals surface area contributed by atoms with Crippen LogP contribution in [0.15, 0.2) is 42.6 Å². The van der Waals surface area contributed by atoms with Crippen LogP contribution in [0, 0.1) is 5.92 Å². The number of carbonyl (C=O) groups is 1. The molecular weight excluding hydrogens is 364 g/mol. The van der Waals surface area contributed by atoms with Crippen LogP contribution in [-0.2, 0) is 11.2 Å². The molecular formula is C23H30N4O2. The fourth-order valence-corrected chi connectivity index (χ4v) is 3.62. The summed E-state index contributed by atoms with van der Waals surface area (Å²) >= 11 is 0. The fraction of sp³-hybridized carbons (Fsp3) is 0.435. The minimum absolute atomic E-state index is 0.0285. The van der Waals surface area contributed by atoms with Crippen LogP contribution < -0.4 is 10.1 Å². The van der Waals surface area contributed by atoms with Gasteiger partial charge >= 0.3 is 0 Å². The van der Waals surface area contributed by atoms with Crippen LogP contribution in [0.2, 0.25) is 0 Å². The van der Waals surface area contributed by atoms with E-state index < -0.39 is 0 Å². The van der Waals surface area contributed by atoms with E-state index in [1.807, 2.05) is 36.4 Å². The number of amides is 1. The summed E-state index contributed by atoms with van der Waals surface area (Å²) in [5.74, 6) is 1.99. The highest BCUT2D eigenvalue weighted by molar-refractivity contribution is 5.79. The summed E-state index contributed by atoms with van der Waals surface area (Å²) in [7, 11) is 1.63. The van der Waals surface area contributed by atoms with Crippen molar-refractivity contribution in [2.24, 2.45) is 5.92 Å². The molecule has 0 saturated heterocycles. The van der Waals surface area contributed by atoms with Gasteiger partial charge in [-0.3, -0.25) is 4.79 Å². The van der Waals surface area contributed by atoms with Gasteiger partial charge in [0.2, 0.25) is 5.91 Å². The summed E-state index contributed by atoms with van der Waals surface area (Å²) in [6.45, 7) is 8.54. The Balaban J connectivity index is 1.89. The molecule has 0 saturated carbocycles. The lowest BCUT2D eigenvalue weighted by molar-refractivity contribution is -0.121. The maximum absolute atomic E-state index is 12.9. The zero-order valence-corrected chi connectivity index (χ0v) is 17.8. The maximum Gasteiger partial charge on any atom is 0.225 e. The highest BCUT2D eigenvalue weighted by Crippen LogP contribution is 2.27. The maximum atomic E-state index is 12.9. The van der Waals surface area contributed by atoms with Gasteiger partial charge in [0.1, 0.15) is 17.1 Å². The molecule has 2 aromatic heterocycles. The molecule has 0 spiro atoms. The molecule has 1 atom stereocenters. The van der Waals surface area contributed by atoms with Gasteiger partial charge in [0.25, 0.3) is 0 Å². The average molecular weight is 395 g/mol. The normalized spacial score (nSPS) is 12.5. The Hall–Kier alpha value is -2.89. The minimum atomic E-state index is -0.176. The Morgan fingerprint density at radius 2 is 1.97 bits per heavy atom. The first-order valence-electron chi connectivity index (χ1n) is 10.1. The molecule has 6 heteroatoms. The molecule has 6 nitrogen and oxygen atoms in total. The first-order valence-corrected chi connectivity index (χ1v) is 10.1. The topological polar surface area (TPSA) is 69.0 Å². The van der Waals surface area contributed by atoms with Gasteiger partial charge in [0.15, 0.2) is 5.65 Å². The SMILES string of the molecule is COc1cccc(CC(=O)NC(CC(C)C)c2nc3cccnc3n2C(C)C)c1. The minimum Gasteiger partial charge on any atom is -0.497 e. The van der Waals surface area contributed by atoms with Gasteiger partial charge in [-0.2, -0.15) is 0 Å². The molecule has 3 aromatic rings. The van der Waals surface area contributed by atoms with E-state index in [0.29, 0.717) is 12.3 Å². The number of hydrogen-bond acceptors (Lipinski definition) is 4. The quantitative estimate of drug-likeness (QED) is 0.612. The van der Waals surface area contributed by atoms with Crippen LogP contribution >= 0.6 is 0 Å². The molecule has 29 heavy (non-hydrogen) atoms. The van der Waals surface area contributed by atoms with Crippen LogP contribution in [0.4, 0.5) is 0 Å². The van der Waals surface area contributed by atoms with Gasteiger partial charge < -0.3 is 14.6 Å². The third-order valence-corrected chi connectivity index (χ3v) is 4.85. The molecule has 2 heterocycles. The number of nitrogens with one attached hydrogen (secondary N) is 1. The van der Waals surface area contributed by atoms with Gasteiger partial charge in [-0.1, -0.05) is 26.0 Å². The van der Waals surface area contributed by atoms with E-state index in [4.69, 9.17) is 9.72 Å². The summed E-state index contributed by atoms with van der Waals surface area (Å²) < 4.78 is 7.40. The molecule has 0 aliphatic carbocycles. The number of hydrogen-bond donors (Lipinski definition) is 1. The standard InChI is InChI=1S/C23H30N4O2/c1-15(2)12-20(25-21(28)14-17-8-6-9-18(13-17)29-5)23-26-19-10-7-11-24-22(19)27(23)16(3)4/h6-11,13,15-16,20H,12,14H2,1-5H3,(H,25,28). The van der Waals surface area contributed by atoms with Crippen molar-refractivity contribution in [1.82, 2.24) is 19.9 Å². The Labute approximate surface area is 172 Å².